The van der Waals surface area contributed by atoms with Crippen molar-refractivity contribution in [1.29, 1.82) is 0 Å². The largest absolute Gasteiger partial charge is 0.344 e. The third-order valence-electron chi connectivity index (χ3n) is 9.32. The van der Waals surface area contributed by atoms with Gasteiger partial charge in [0.1, 0.15) is 6.04 Å². The highest BCUT2D eigenvalue weighted by Crippen LogP contribution is 2.30. The van der Waals surface area contributed by atoms with Crippen molar-refractivity contribution in [3.8, 4) is 0 Å². The molecule has 1 saturated heterocycles. The number of carbonyl (C=O) groups is 2. The molecule has 0 bridgehead atoms. The van der Waals surface area contributed by atoms with Gasteiger partial charge in [-0.15, -0.1) is 0 Å². The van der Waals surface area contributed by atoms with E-state index in [1.165, 1.54) is 43.2 Å². The average Bonchev–Trinajstić information content (AvgIpc) is 3.02. The summed E-state index contributed by atoms with van der Waals surface area (Å²) in [4.78, 5) is 32.0. The van der Waals surface area contributed by atoms with Crippen LogP contribution in [0, 0.1) is 5.92 Å². The first-order valence-electron chi connectivity index (χ1n) is 15.7. The highest BCUT2D eigenvalue weighted by Gasteiger charge is 2.34. The summed E-state index contributed by atoms with van der Waals surface area (Å²) < 4.78 is 3.52. The fourth-order valence-corrected chi connectivity index (χ4v) is 7.51. The van der Waals surface area contributed by atoms with Gasteiger partial charge in [-0.05, 0) is 66.8 Å². The number of nitrogens with zero attached hydrogens (tertiary/aromatic N) is 2. The van der Waals surface area contributed by atoms with E-state index in [0.29, 0.717) is 37.0 Å². The lowest BCUT2D eigenvalue weighted by atomic mass is 9.83. The number of piperazine rings is 1. The average molecular weight is 612 g/mol. The van der Waals surface area contributed by atoms with E-state index < -0.39 is 6.04 Å². The molecule has 2 aliphatic heterocycles. The number of carbonyl (C=O) groups excluding carboxylic acids is 2. The normalized spacial score (nSPS) is 21.4. The Morgan fingerprint density at radius 3 is 2.50 bits per heavy atom. The molecular formula is C33H46ClN5O2S. The van der Waals surface area contributed by atoms with E-state index in [0.717, 1.165) is 44.1 Å². The third-order valence-corrected chi connectivity index (χ3v) is 10.0. The summed E-state index contributed by atoms with van der Waals surface area (Å²) in [5.41, 5.74) is 3.46. The molecule has 42 heavy (non-hydrogen) atoms. The van der Waals surface area contributed by atoms with Crippen molar-refractivity contribution in [1.82, 2.24) is 25.2 Å². The van der Waals surface area contributed by atoms with Crippen molar-refractivity contribution in [3.05, 3.63) is 70.2 Å². The number of amides is 2. The number of hydrogen-bond acceptors (Lipinski definition) is 6. The molecule has 3 atom stereocenters. The van der Waals surface area contributed by atoms with Gasteiger partial charge < -0.3 is 15.5 Å². The molecular weight excluding hydrogens is 566 g/mol. The van der Waals surface area contributed by atoms with Crippen LogP contribution in [0.3, 0.4) is 0 Å². The lowest BCUT2D eigenvalue weighted by Gasteiger charge is -2.44. The van der Waals surface area contributed by atoms with Crippen LogP contribution in [0.15, 0.2) is 48.5 Å². The predicted molar refractivity (Wildman–Crippen MR) is 173 cm³/mol. The Kier molecular flexibility index (Phi) is 11.6. The van der Waals surface area contributed by atoms with E-state index in [4.69, 9.17) is 11.6 Å². The highest BCUT2D eigenvalue weighted by molar-refractivity contribution is 7.96. The molecule has 1 aliphatic carbocycles. The van der Waals surface area contributed by atoms with Crippen LogP contribution >= 0.6 is 23.5 Å². The number of halogens is 1. The number of rotatable bonds is 11. The SMILES string of the molecule is CSNCC(C1CCCCC1)N1CCN(C(=O)C(Cc2ccc(Cl)cc2)NC(=O)CC2NCCc3ccccc32)CC1. The van der Waals surface area contributed by atoms with E-state index in [-0.39, 0.29) is 17.9 Å². The summed E-state index contributed by atoms with van der Waals surface area (Å²) in [6.45, 7) is 4.94. The summed E-state index contributed by atoms with van der Waals surface area (Å²) >= 11 is 7.82. The van der Waals surface area contributed by atoms with Gasteiger partial charge in [0.2, 0.25) is 11.8 Å². The molecule has 2 heterocycles. The Balaban J connectivity index is 1.24. The minimum atomic E-state index is -0.614. The molecule has 228 valence electrons. The molecule has 0 spiro atoms. The van der Waals surface area contributed by atoms with Crippen LogP contribution in [-0.2, 0) is 22.4 Å². The maximum absolute atomic E-state index is 14.0. The topological polar surface area (TPSA) is 76.7 Å². The van der Waals surface area contributed by atoms with E-state index in [1.807, 2.05) is 35.2 Å². The first-order valence-corrected chi connectivity index (χ1v) is 17.3. The van der Waals surface area contributed by atoms with Gasteiger partial charge in [-0.1, -0.05) is 79.2 Å². The van der Waals surface area contributed by atoms with Gasteiger partial charge in [0.05, 0.1) is 0 Å². The summed E-state index contributed by atoms with van der Waals surface area (Å²) in [6, 6.07) is 15.7. The van der Waals surface area contributed by atoms with Gasteiger partial charge in [0, 0.05) is 62.7 Å². The Bertz CT molecular complexity index is 1170. The summed E-state index contributed by atoms with van der Waals surface area (Å²) in [7, 11) is 0. The molecule has 9 heteroatoms. The Morgan fingerprint density at radius 2 is 1.76 bits per heavy atom. The second-order valence-corrected chi connectivity index (χ2v) is 13.1. The Morgan fingerprint density at radius 1 is 1.02 bits per heavy atom. The van der Waals surface area contributed by atoms with Crippen molar-refractivity contribution in [2.75, 3.05) is 45.5 Å². The molecule has 3 unspecified atom stereocenters. The van der Waals surface area contributed by atoms with Crippen molar-refractivity contribution in [2.45, 2.75) is 69.5 Å². The molecule has 3 aliphatic rings. The molecule has 2 aromatic rings. The van der Waals surface area contributed by atoms with Crippen LogP contribution in [0.4, 0.5) is 0 Å². The van der Waals surface area contributed by atoms with Crippen LogP contribution in [-0.4, -0.2) is 79.2 Å². The predicted octanol–water partition coefficient (Wildman–Crippen LogP) is 4.61. The zero-order valence-electron chi connectivity index (χ0n) is 24.8. The monoisotopic (exact) mass is 611 g/mol. The highest BCUT2D eigenvalue weighted by atomic mass is 35.5. The van der Waals surface area contributed by atoms with E-state index in [1.54, 1.807) is 11.9 Å². The van der Waals surface area contributed by atoms with Gasteiger partial charge in [-0.3, -0.25) is 19.2 Å². The van der Waals surface area contributed by atoms with Gasteiger partial charge in [-0.25, -0.2) is 0 Å². The quantitative estimate of drug-likeness (QED) is 0.322. The smallest absolute Gasteiger partial charge is 0.245 e. The summed E-state index contributed by atoms with van der Waals surface area (Å²) in [5, 5.41) is 7.30. The molecule has 5 rings (SSSR count). The van der Waals surface area contributed by atoms with Crippen molar-refractivity contribution in [2.24, 2.45) is 5.92 Å². The molecule has 0 radical (unpaired) electrons. The number of benzene rings is 2. The Labute approximate surface area is 260 Å². The summed E-state index contributed by atoms with van der Waals surface area (Å²) in [6.07, 6.45) is 10.4. The Hall–Kier alpha value is -2.10. The fraction of sp³-hybridized carbons (Fsp3) is 0.576. The first kappa shape index (κ1) is 31.3. The zero-order valence-corrected chi connectivity index (χ0v) is 26.4. The summed E-state index contributed by atoms with van der Waals surface area (Å²) in [5.74, 6) is 0.623. The number of fused-ring (bicyclic) bond motifs is 1. The second kappa shape index (κ2) is 15.6. The minimum Gasteiger partial charge on any atom is -0.344 e. The molecule has 0 aromatic heterocycles. The van der Waals surface area contributed by atoms with Gasteiger partial charge in [-0.2, -0.15) is 0 Å². The van der Waals surface area contributed by atoms with Crippen LogP contribution in [0.25, 0.3) is 0 Å². The van der Waals surface area contributed by atoms with E-state index in [9.17, 15) is 9.59 Å². The van der Waals surface area contributed by atoms with Crippen molar-refractivity contribution in [3.63, 3.8) is 0 Å². The number of hydrogen-bond donors (Lipinski definition) is 3. The number of nitrogens with one attached hydrogen (secondary N) is 3. The van der Waals surface area contributed by atoms with Gasteiger partial charge in [0.15, 0.2) is 0 Å². The fourth-order valence-electron chi connectivity index (χ4n) is 7.05. The molecule has 2 fully saturated rings. The van der Waals surface area contributed by atoms with Crippen LogP contribution < -0.4 is 15.4 Å². The van der Waals surface area contributed by atoms with Crippen LogP contribution in [0.2, 0.25) is 5.02 Å². The minimum absolute atomic E-state index is 0.00593. The third kappa shape index (κ3) is 8.29. The lowest BCUT2D eigenvalue weighted by Crippen LogP contribution is -2.59. The lowest BCUT2D eigenvalue weighted by molar-refractivity contribution is -0.138. The van der Waals surface area contributed by atoms with E-state index in [2.05, 4.69) is 44.7 Å². The first-order chi connectivity index (χ1) is 20.5. The maximum atomic E-state index is 14.0. The molecule has 3 N–H and O–H groups in total. The second-order valence-electron chi connectivity index (χ2n) is 12.0. The zero-order chi connectivity index (χ0) is 29.3. The molecule has 1 saturated carbocycles. The molecule has 2 amide bonds. The van der Waals surface area contributed by atoms with E-state index >= 15 is 0 Å². The van der Waals surface area contributed by atoms with Crippen molar-refractivity contribution < 1.29 is 9.59 Å². The molecule has 7 nitrogen and oxygen atoms in total. The molecule has 2 aromatic carbocycles. The van der Waals surface area contributed by atoms with Gasteiger partial charge >= 0.3 is 0 Å². The van der Waals surface area contributed by atoms with Crippen LogP contribution in [0.1, 0.15) is 61.3 Å². The standard InChI is InChI=1S/C33H46ClN5O2S/c1-42-36-23-31(26-8-3-2-4-9-26)38-17-19-39(20-18-38)33(41)30(21-24-11-13-27(34)14-12-24)37-32(40)22-29-28-10-6-5-7-25(28)15-16-35-29/h5-7,10-14,26,29-31,35-36H,2-4,8-9,15-23H2,1H3,(H,37,40). The maximum Gasteiger partial charge on any atom is 0.245 e. The van der Waals surface area contributed by atoms with Gasteiger partial charge in [0.25, 0.3) is 0 Å². The van der Waals surface area contributed by atoms with Crippen LogP contribution in [0.5, 0.6) is 0 Å². The van der Waals surface area contributed by atoms with Crippen molar-refractivity contribution >= 4 is 35.4 Å².